The third-order valence-electron chi connectivity index (χ3n) is 3.03. The molecular weight excluding hydrogens is 232 g/mol. The smallest absolute Gasteiger partial charge is 0.201 e. The Labute approximate surface area is 105 Å². The Morgan fingerprint density at radius 3 is 2.61 bits per heavy atom. The summed E-state index contributed by atoms with van der Waals surface area (Å²) in [5.74, 6) is -0.683. The lowest BCUT2D eigenvalue weighted by molar-refractivity contribution is -0.0473. The first-order valence-electron chi connectivity index (χ1n) is 5.53. The highest BCUT2D eigenvalue weighted by Crippen LogP contribution is 2.29. The first kappa shape index (κ1) is 12.5. The van der Waals surface area contributed by atoms with Gasteiger partial charge in [-0.2, -0.15) is 0 Å². The van der Waals surface area contributed by atoms with Crippen molar-refractivity contribution in [3.05, 3.63) is 59.9 Å². The average Bonchev–Trinajstić information content (AvgIpc) is 2.42. The van der Waals surface area contributed by atoms with Gasteiger partial charge in [-0.3, -0.25) is 4.79 Å². The molecule has 0 saturated heterocycles. The van der Waals surface area contributed by atoms with Gasteiger partial charge in [-0.15, -0.1) is 0 Å². The van der Waals surface area contributed by atoms with E-state index < -0.39 is 17.5 Å². The number of ketones is 1. The molecule has 0 radical (unpaired) electrons. The van der Waals surface area contributed by atoms with E-state index in [1.165, 1.54) is 25.3 Å². The lowest BCUT2D eigenvalue weighted by Gasteiger charge is -2.33. The molecule has 1 aromatic rings. The lowest BCUT2D eigenvalue weighted by atomic mass is 9.83. The molecule has 0 fully saturated rings. The van der Waals surface area contributed by atoms with Crippen LogP contribution in [0.5, 0.6) is 0 Å². The van der Waals surface area contributed by atoms with Gasteiger partial charge < -0.3 is 14.9 Å². The molecule has 0 saturated carbocycles. The molecule has 2 rings (SSSR count). The van der Waals surface area contributed by atoms with Crippen molar-refractivity contribution in [3.8, 4) is 0 Å². The fraction of sp³-hybridized carbons (Fsp3) is 0.214. The third kappa shape index (κ3) is 1.85. The van der Waals surface area contributed by atoms with E-state index in [9.17, 15) is 15.0 Å². The van der Waals surface area contributed by atoms with Crippen molar-refractivity contribution < 1.29 is 19.7 Å². The maximum atomic E-state index is 12.4. The summed E-state index contributed by atoms with van der Waals surface area (Å²) in [7, 11) is 1.33. The molecular formula is C14H14O4. The number of carbonyl (C=O) groups excluding carboxylic acids is 1. The number of allylic oxidation sites excluding steroid dienone is 2. The second-order valence-corrected chi connectivity index (χ2v) is 4.05. The molecule has 0 aromatic heterocycles. The fourth-order valence-electron chi connectivity index (χ4n) is 1.98. The van der Waals surface area contributed by atoms with Crippen molar-refractivity contribution in [1.82, 2.24) is 0 Å². The summed E-state index contributed by atoms with van der Waals surface area (Å²) < 4.78 is 5.19. The number of hydrogen-bond donors (Lipinski definition) is 2. The van der Waals surface area contributed by atoms with Crippen LogP contribution in [0.3, 0.4) is 0 Å². The van der Waals surface area contributed by atoms with Crippen LogP contribution >= 0.6 is 0 Å². The normalized spacial score (nSPS) is 26.8. The Hall–Kier alpha value is -1.91. The number of carbonyl (C=O) groups is 1. The first-order chi connectivity index (χ1) is 8.62. The van der Waals surface area contributed by atoms with E-state index in [0.717, 1.165) is 0 Å². The van der Waals surface area contributed by atoms with Gasteiger partial charge in [-0.25, -0.2) is 0 Å². The van der Waals surface area contributed by atoms with Gasteiger partial charge in [0.2, 0.25) is 5.78 Å². The van der Waals surface area contributed by atoms with Crippen LogP contribution in [0.25, 0.3) is 0 Å². The van der Waals surface area contributed by atoms with Crippen LogP contribution in [-0.2, 0) is 4.74 Å². The third-order valence-corrected chi connectivity index (χ3v) is 3.03. The van der Waals surface area contributed by atoms with Crippen LogP contribution < -0.4 is 0 Å². The first-order valence-corrected chi connectivity index (χ1v) is 5.53. The van der Waals surface area contributed by atoms with Gasteiger partial charge in [0.15, 0.2) is 11.7 Å². The maximum absolute atomic E-state index is 12.4. The number of Topliss-reactive ketones (excluding diaryl/α,β-unsaturated/α-hetero) is 1. The van der Waals surface area contributed by atoms with E-state index in [0.29, 0.717) is 5.56 Å². The molecule has 2 unspecified atom stereocenters. The molecule has 1 aliphatic rings. The van der Waals surface area contributed by atoms with Crippen molar-refractivity contribution in [3.63, 3.8) is 0 Å². The monoisotopic (exact) mass is 246 g/mol. The van der Waals surface area contributed by atoms with E-state index >= 15 is 0 Å². The second kappa shape index (κ2) is 4.76. The topological polar surface area (TPSA) is 66.8 Å². The number of ether oxygens (including phenoxy) is 1. The van der Waals surface area contributed by atoms with E-state index in [1.807, 2.05) is 0 Å². The highest BCUT2D eigenvalue weighted by atomic mass is 16.5. The van der Waals surface area contributed by atoms with Crippen molar-refractivity contribution in [2.75, 3.05) is 7.11 Å². The standard InChI is InChI=1S/C14H14O4/c1-18-14(9-5-8-11(15)13(14)17)12(16)10-6-3-2-4-7-10/h2-9,13,15,17H,1H3. The molecule has 4 nitrogen and oxygen atoms in total. The Kier molecular flexibility index (Phi) is 3.32. The van der Waals surface area contributed by atoms with E-state index in [4.69, 9.17) is 4.74 Å². The zero-order chi connectivity index (χ0) is 13.2. The SMILES string of the molecule is COC1(C(=O)c2ccccc2)C=CC=C(O)C1O. The fourth-order valence-corrected chi connectivity index (χ4v) is 1.98. The molecule has 4 heteroatoms. The van der Waals surface area contributed by atoms with Gasteiger partial charge in [-0.1, -0.05) is 36.4 Å². The summed E-state index contributed by atoms with van der Waals surface area (Å²) in [6, 6.07) is 8.52. The molecule has 2 atom stereocenters. The van der Waals surface area contributed by atoms with Gasteiger partial charge >= 0.3 is 0 Å². The summed E-state index contributed by atoms with van der Waals surface area (Å²) in [5.41, 5.74) is -1.15. The molecule has 0 aliphatic heterocycles. The molecule has 0 bridgehead atoms. The average molecular weight is 246 g/mol. The summed E-state index contributed by atoms with van der Waals surface area (Å²) >= 11 is 0. The largest absolute Gasteiger partial charge is 0.509 e. The van der Waals surface area contributed by atoms with Crippen LogP contribution in [0.4, 0.5) is 0 Å². The minimum atomic E-state index is -1.57. The van der Waals surface area contributed by atoms with Gasteiger partial charge in [0.05, 0.1) is 0 Å². The highest BCUT2D eigenvalue weighted by Gasteiger charge is 2.46. The Bertz CT molecular complexity index is 504. The van der Waals surface area contributed by atoms with Gasteiger partial charge in [0.25, 0.3) is 0 Å². The predicted octanol–water partition coefficient (Wildman–Crippen LogP) is 1.63. The second-order valence-electron chi connectivity index (χ2n) is 4.05. The zero-order valence-corrected chi connectivity index (χ0v) is 9.91. The van der Waals surface area contributed by atoms with Crippen LogP contribution in [0.15, 0.2) is 54.3 Å². The number of hydrogen-bond acceptors (Lipinski definition) is 4. The molecule has 0 amide bonds. The van der Waals surface area contributed by atoms with Crippen molar-refractivity contribution in [2.45, 2.75) is 11.7 Å². The van der Waals surface area contributed by atoms with Crippen molar-refractivity contribution in [1.29, 1.82) is 0 Å². The van der Waals surface area contributed by atoms with Crippen LogP contribution in [-0.4, -0.2) is 34.8 Å². The number of benzene rings is 1. The summed E-state index contributed by atoms with van der Waals surface area (Å²) in [4.78, 5) is 12.4. The number of rotatable bonds is 3. The zero-order valence-electron chi connectivity index (χ0n) is 9.91. The van der Waals surface area contributed by atoms with E-state index in [-0.39, 0.29) is 5.76 Å². The molecule has 0 spiro atoms. The van der Waals surface area contributed by atoms with Crippen molar-refractivity contribution >= 4 is 5.78 Å². The van der Waals surface area contributed by atoms with Gasteiger partial charge in [0.1, 0.15) is 5.76 Å². The van der Waals surface area contributed by atoms with E-state index in [1.54, 1.807) is 30.3 Å². The number of methoxy groups -OCH3 is 1. The van der Waals surface area contributed by atoms with Crippen LogP contribution in [0.1, 0.15) is 10.4 Å². The van der Waals surface area contributed by atoms with Gasteiger partial charge in [0, 0.05) is 12.7 Å². The predicted molar refractivity (Wildman–Crippen MR) is 66.4 cm³/mol. The maximum Gasteiger partial charge on any atom is 0.201 e. The highest BCUT2D eigenvalue weighted by molar-refractivity contribution is 6.05. The lowest BCUT2D eigenvalue weighted by Crippen LogP contribution is -2.51. The molecule has 1 aliphatic carbocycles. The minimum Gasteiger partial charge on any atom is -0.509 e. The van der Waals surface area contributed by atoms with Gasteiger partial charge in [-0.05, 0) is 12.2 Å². The van der Waals surface area contributed by atoms with E-state index in [2.05, 4.69) is 0 Å². The summed E-state index contributed by atoms with van der Waals surface area (Å²) in [6.07, 6.45) is 2.87. The van der Waals surface area contributed by atoms with Crippen LogP contribution in [0.2, 0.25) is 0 Å². The Morgan fingerprint density at radius 2 is 2.00 bits per heavy atom. The van der Waals surface area contributed by atoms with Crippen LogP contribution in [0, 0.1) is 0 Å². The molecule has 94 valence electrons. The molecule has 18 heavy (non-hydrogen) atoms. The quantitative estimate of drug-likeness (QED) is 0.795. The van der Waals surface area contributed by atoms with Crippen molar-refractivity contribution in [2.24, 2.45) is 0 Å². The number of aliphatic hydroxyl groups excluding tert-OH is 2. The summed E-state index contributed by atoms with van der Waals surface area (Å²) in [6.45, 7) is 0. The molecule has 2 N–H and O–H groups in total. The number of aliphatic hydroxyl groups is 2. The molecule has 1 aromatic carbocycles. The Morgan fingerprint density at radius 1 is 1.33 bits per heavy atom. The summed E-state index contributed by atoms with van der Waals surface area (Å²) in [5, 5.41) is 19.6. The Balaban J connectivity index is 2.43. The minimum absolute atomic E-state index is 0.288. The molecule has 0 heterocycles.